The highest BCUT2D eigenvalue weighted by Gasteiger charge is 1.90. The molecule has 0 N–H and O–H groups in total. The summed E-state index contributed by atoms with van der Waals surface area (Å²) in [6.45, 7) is 5.25. The molecule has 0 aliphatic rings. The molecule has 0 unspecified atom stereocenters. The summed E-state index contributed by atoms with van der Waals surface area (Å²) in [6, 6.07) is 0. The highest BCUT2D eigenvalue weighted by molar-refractivity contribution is 5.20. The van der Waals surface area contributed by atoms with E-state index in [2.05, 4.69) is 0 Å². The van der Waals surface area contributed by atoms with Crippen LogP contribution in [0, 0.1) is 0 Å². The van der Waals surface area contributed by atoms with Crippen LogP contribution in [0.4, 0.5) is 4.39 Å². The van der Waals surface area contributed by atoms with Crippen LogP contribution in [0.15, 0.2) is 23.6 Å². The zero-order valence-electron chi connectivity index (χ0n) is 5.53. The van der Waals surface area contributed by atoms with Crippen LogP contribution in [0.5, 0.6) is 0 Å². The average molecular weight is 114 g/mol. The van der Waals surface area contributed by atoms with E-state index in [1.807, 2.05) is 6.92 Å². The first kappa shape index (κ1) is 7.41. The third-order valence-corrected chi connectivity index (χ3v) is 1.06. The summed E-state index contributed by atoms with van der Waals surface area (Å²) in [4.78, 5) is 0. The molecular formula is C7H11F. The van der Waals surface area contributed by atoms with E-state index in [0.717, 1.165) is 0 Å². The first-order valence-electron chi connectivity index (χ1n) is 2.67. The van der Waals surface area contributed by atoms with Crippen LogP contribution in [-0.2, 0) is 0 Å². The van der Waals surface area contributed by atoms with Gasteiger partial charge in [-0.1, -0.05) is 12.2 Å². The lowest BCUT2D eigenvalue weighted by Gasteiger charge is -1.90. The van der Waals surface area contributed by atoms with Gasteiger partial charge in [0.15, 0.2) is 0 Å². The SMILES string of the molecule is C/C=C(C)/C(F)=C\C. The first-order valence-corrected chi connectivity index (χ1v) is 2.67. The lowest BCUT2D eigenvalue weighted by atomic mass is 10.2. The van der Waals surface area contributed by atoms with Crippen LogP contribution in [0.3, 0.4) is 0 Å². The highest BCUT2D eigenvalue weighted by atomic mass is 19.1. The average Bonchev–Trinajstić information content (AvgIpc) is 1.84. The van der Waals surface area contributed by atoms with E-state index in [1.165, 1.54) is 6.08 Å². The molecule has 0 saturated heterocycles. The van der Waals surface area contributed by atoms with Gasteiger partial charge in [0.25, 0.3) is 0 Å². The van der Waals surface area contributed by atoms with Gasteiger partial charge >= 0.3 is 0 Å². The molecule has 0 aromatic rings. The van der Waals surface area contributed by atoms with E-state index in [9.17, 15) is 4.39 Å². The molecule has 8 heavy (non-hydrogen) atoms. The van der Waals surface area contributed by atoms with Crippen LogP contribution in [0.1, 0.15) is 20.8 Å². The molecule has 0 aliphatic carbocycles. The summed E-state index contributed by atoms with van der Waals surface area (Å²) in [5.74, 6) is -0.132. The molecule has 0 heterocycles. The van der Waals surface area contributed by atoms with Gasteiger partial charge < -0.3 is 0 Å². The van der Waals surface area contributed by atoms with Gasteiger partial charge in [-0.2, -0.15) is 0 Å². The summed E-state index contributed by atoms with van der Waals surface area (Å²) in [5, 5.41) is 0. The fraction of sp³-hybridized carbons (Fsp3) is 0.429. The Morgan fingerprint density at radius 1 is 1.25 bits per heavy atom. The molecule has 0 aromatic heterocycles. The number of halogens is 1. The topological polar surface area (TPSA) is 0 Å². The van der Waals surface area contributed by atoms with Crippen molar-refractivity contribution in [3.05, 3.63) is 23.6 Å². The Hall–Kier alpha value is -0.590. The number of allylic oxidation sites excluding steroid dienone is 4. The van der Waals surface area contributed by atoms with Gasteiger partial charge in [-0.3, -0.25) is 0 Å². The fourth-order valence-electron chi connectivity index (χ4n) is 0.366. The normalized spacial score (nSPS) is 14.5. The van der Waals surface area contributed by atoms with Gasteiger partial charge in [0, 0.05) is 0 Å². The van der Waals surface area contributed by atoms with Gasteiger partial charge in [0.05, 0.1) is 0 Å². The van der Waals surface area contributed by atoms with Gasteiger partial charge in [0.2, 0.25) is 0 Å². The molecule has 0 saturated carbocycles. The Kier molecular flexibility index (Phi) is 3.16. The van der Waals surface area contributed by atoms with Gasteiger partial charge in [-0.15, -0.1) is 0 Å². The Morgan fingerprint density at radius 3 is 1.88 bits per heavy atom. The zero-order chi connectivity index (χ0) is 6.57. The highest BCUT2D eigenvalue weighted by Crippen LogP contribution is 2.08. The minimum Gasteiger partial charge on any atom is -0.207 e. The predicted molar refractivity (Wildman–Crippen MR) is 34.3 cm³/mol. The molecule has 0 radical (unpaired) electrons. The molecule has 0 spiro atoms. The van der Waals surface area contributed by atoms with Crippen LogP contribution in [0.2, 0.25) is 0 Å². The summed E-state index contributed by atoms with van der Waals surface area (Å²) < 4.78 is 12.3. The van der Waals surface area contributed by atoms with E-state index < -0.39 is 0 Å². The van der Waals surface area contributed by atoms with Crippen molar-refractivity contribution in [3.63, 3.8) is 0 Å². The second kappa shape index (κ2) is 3.42. The monoisotopic (exact) mass is 114 g/mol. The maximum absolute atomic E-state index is 12.3. The van der Waals surface area contributed by atoms with Crippen molar-refractivity contribution in [3.8, 4) is 0 Å². The smallest absolute Gasteiger partial charge is 0.121 e. The van der Waals surface area contributed by atoms with E-state index in [1.54, 1.807) is 19.9 Å². The van der Waals surface area contributed by atoms with Gasteiger partial charge in [-0.25, -0.2) is 4.39 Å². The van der Waals surface area contributed by atoms with Crippen LogP contribution in [0.25, 0.3) is 0 Å². The Labute approximate surface area is 49.7 Å². The van der Waals surface area contributed by atoms with Crippen LogP contribution in [-0.4, -0.2) is 0 Å². The maximum atomic E-state index is 12.3. The van der Waals surface area contributed by atoms with E-state index in [0.29, 0.717) is 5.57 Å². The van der Waals surface area contributed by atoms with Crippen molar-refractivity contribution in [2.75, 3.05) is 0 Å². The van der Waals surface area contributed by atoms with Gasteiger partial charge in [-0.05, 0) is 26.3 Å². The van der Waals surface area contributed by atoms with E-state index in [-0.39, 0.29) is 5.83 Å². The first-order chi connectivity index (χ1) is 3.72. The molecule has 0 amide bonds. The Bertz CT molecular complexity index is 104. The zero-order valence-corrected chi connectivity index (χ0v) is 5.53. The van der Waals surface area contributed by atoms with Crippen molar-refractivity contribution in [2.45, 2.75) is 20.8 Å². The number of rotatable bonds is 1. The molecule has 1 heteroatoms. The molecular weight excluding hydrogens is 103 g/mol. The minimum atomic E-state index is -0.132. The summed E-state index contributed by atoms with van der Waals surface area (Å²) in [6.07, 6.45) is 3.20. The molecule has 0 fully saturated rings. The maximum Gasteiger partial charge on any atom is 0.121 e. The molecule has 0 nitrogen and oxygen atoms in total. The third kappa shape index (κ3) is 1.92. The minimum absolute atomic E-state index is 0.132. The van der Waals surface area contributed by atoms with Crippen molar-refractivity contribution in [1.29, 1.82) is 0 Å². The quantitative estimate of drug-likeness (QED) is 0.460. The standard InChI is InChI=1S/C7H11F/c1-4-6(3)7(8)5-2/h4-5H,1-3H3/b6-4+,7-5+. The molecule has 0 rings (SSSR count). The summed E-state index contributed by atoms with van der Waals surface area (Å²) in [5.41, 5.74) is 0.701. The van der Waals surface area contributed by atoms with Crippen molar-refractivity contribution < 1.29 is 4.39 Å². The Balaban J connectivity index is 4.04. The number of hydrogen-bond acceptors (Lipinski definition) is 0. The molecule has 0 atom stereocenters. The second-order valence-electron chi connectivity index (χ2n) is 1.61. The Morgan fingerprint density at radius 2 is 1.75 bits per heavy atom. The predicted octanol–water partition coefficient (Wildman–Crippen LogP) is 2.83. The van der Waals surface area contributed by atoms with Crippen molar-refractivity contribution in [1.82, 2.24) is 0 Å². The molecule has 0 aliphatic heterocycles. The van der Waals surface area contributed by atoms with Crippen molar-refractivity contribution >= 4 is 0 Å². The van der Waals surface area contributed by atoms with Crippen molar-refractivity contribution in [2.24, 2.45) is 0 Å². The number of hydrogen-bond donors (Lipinski definition) is 0. The van der Waals surface area contributed by atoms with E-state index >= 15 is 0 Å². The largest absolute Gasteiger partial charge is 0.207 e. The lowest BCUT2D eigenvalue weighted by Crippen LogP contribution is -1.72. The van der Waals surface area contributed by atoms with Crippen LogP contribution < -0.4 is 0 Å². The molecule has 46 valence electrons. The molecule has 0 aromatic carbocycles. The van der Waals surface area contributed by atoms with Crippen LogP contribution >= 0.6 is 0 Å². The summed E-state index contributed by atoms with van der Waals surface area (Å²) in [7, 11) is 0. The summed E-state index contributed by atoms with van der Waals surface area (Å²) >= 11 is 0. The second-order valence-corrected chi connectivity index (χ2v) is 1.61. The lowest BCUT2D eigenvalue weighted by molar-refractivity contribution is 0.649. The van der Waals surface area contributed by atoms with E-state index in [4.69, 9.17) is 0 Å². The third-order valence-electron chi connectivity index (χ3n) is 1.06. The fourth-order valence-corrected chi connectivity index (χ4v) is 0.366. The molecule has 0 bridgehead atoms. The van der Waals surface area contributed by atoms with Gasteiger partial charge in [0.1, 0.15) is 5.83 Å².